The smallest absolute Gasteiger partial charge is 0.248 e. The maximum atomic E-state index is 11.1. The lowest BCUT2D eigenvalue weighted by Gasteiger charge is -2.05. The van der Waals surface area contributed by atoms with E-state index in [1.165, 1.54) is 0 Å². The summed E-state index contributed by atoms with van der Waals surface area (Å²) in [5.74, 6) is -0.427. The Morgan fingerprint density at radius 2 is 2.19 bits per heavy atom. The van der Waals surface area contributed by atoms with Crippen LogP contribution in [0.15, 0.2) is 30.6 Å². The summed E-state index contributed by atoms with van der Waals surface area (Å²) >= 11 is 0. The molecule has 1 aromatic carbocycles. The standard InChI is InChI=1S/C11H12N4O/c1-7-4-9(2-3-10(7)11(13)16)15-6-8(12)5-14-15/h2-6H,12H2,1H3,(H2,13,16). The molecule has 82 valence electrons. The van der Waals surface area contributed by atoms with Gasteiger partial charge in [0.25, 0.3) is 0 Å². The molecule has 0 bridgehead atoms. The van der Waals surface area contributed by atoms with Crippen molar-refractivity contribution >= 4 is 11.6 Å². The van der Waals surface area contributed by atoms with Crippen LogP contribution in [-0.4, -0.2) is 15.7 Å². The summed E-state index contributed by atoms with van der Waals surface area (Å²) in [6.07, 6.45) is 3.27. The summed E-state index contributed by atoms with van der Waals surface area (Å²) in [6.45, 7) is 1.83. The molecule has 2 rings (SSSR count). The summed E-state index contributed by atoms with van der Waals surface area (Å²) in [5, 5.41) is 4.08. The second-order valence-corrected chi connectivity index (χ2v) is 3.58. The summed E-state index contributed by atoms with van der Waals surface area (Å²) in [6, 6.07) is 5.30. The first-order valence-electron chi connectivity index (χ1n) is 4.79. The molecule has 0 spiro atoms. The van der Waals surface area contributed by atoms with Gasteiger partial charge in [0.05, 0.1) is 23.8 Å². The molecule has 0 unspecified atom stereocenters. The maximum absolute atomic E-state index is 11.1. The molecule has 0 aliphatic carbocycles. The van der Waals surface area contributed by atoms with Crippen LogP contribution in [0, 0.1) is 6.92 Å². The number of primary amides is 1. The van der Waals surface area contributed by atoms with Crippen LogP contribution in [0.1, 0.15) is 15.9 Å². The first-order chi connectivity index (χ1) is 7.58. The fourth-order valence-corrected chi connectivity index (χ4v) is 1.54. The molecular formula is C11H12N4O. The zero-order chi connectivity index (χ0) is 11.7. The van der Waals surface area contributed by atoms with Gasteiger partial charge in [0, 0.05) is 5.56 Å². The molecule has 5 heteroatoms. The summed E-state index contributed by atoms with van der Waals surface area (Å²) in [4.78, 5) is 11.1. The number of amides is 1. The van der Waals surface area contributed by atoms with E-state index in [9.17, 15) is 4.79 Å². The highest BCUT2D eigenvalue weighted by Gasteiger charge is 2.06. The van der Waals surface area contributed by atoms with Crippen LogP contribution in [-0.2, 0) is 0 Å². The highest BCUT2D eigenvalue weighted by Crippen LogP contribution is 2.14. The fourth-order valence-electron chi connectivity index (χ4n) is 1.54. The van der Waals surface area contributed by atoms with Gasteiger partial charge in [-0.15, -0.1) is 0 Å². The number of carbonyl (C=O) groups is 1. The highest BCUT2D eigenvalue weighted by molar-refractivity contribution is 5.94. The van der Waals surface area contributed by atoms with E-state index in [1.54, 1.807) is 29.2 Å². The number of nitrogens with zero attached hydrogens (tertiary/aromatic N) is 2. The number of anilines is 1. The minimum atomic E-state index is -0.427. The predicted octanol–water partition coefficient (Wildman–Crippen LogP) is 0.862. The van der Waals surface area contributed by atoms with Crippen LogP contribution in [0.3, 0.4) is 0 Å². The molecule has 0 atom stereocenters. The Morgan fingerprint density at radius 3 is 2.69 bits per heavy atom. The molecule has 4 N–H and O–H groups in total. The van der Waals surface area contributed by atoms with Gasteiger partial charge in [-0.25, -0.2) is 4.68 Å². The van der Waals surface area contributed by atoms with Crippen LogP contribution < -0.4 is 11.5 Å². The maximum Gasteiger partial charge on any atom is 0.248 e. The van der Waals surface area contributed by atoms with Gasteiger partial charge in [-0.2, -0.15) is 5.10 Å². The minimum absolute atomic E-state index is 0.427. The topological polar surface area (TPSA) is 86.9 Å². The van der Waals surface area contributed by atoms with Gasteiger partial charge in [0.1, 0.15) is 0 Å². The molecule has 1 heterocycles. The largest absolute Gasteiger partial charge is 0.396 e. The molecule has 0 radical (unpaired) electrons. The lowest BCUT2D eigenvalue weighted by Crippen LogP contribution is -2.12. The molecule has 0 saturated heterocycles. The molecule has 0 aliphatic heterocycles. The van der Waals surface area contributed by atoms with E-state index < -0.39 is 5.91 Å². The van der Waals surface area contributed by atoms with Gasteiger partial charge in [0.15, 0.2) is 0 Å². The second-order valence-electron chi connectivity index (χ2n) is 3.58. The van der Waals surface area contributed by atoms with Crippen molar-refractivity contribution in [3.05, 3.63) is 41.7 Å². The summed E-state index contributed by atoms with van der Waals surface area (Å²) in [7, 11) is 0. The first kappa shape index (κ1) is 10.2. The van der Waals surface area contributed by atoms with Crippen molar-refractivity contribution in [3.8, 4) is 5.69 Å². The Morgan fingerprint density at radius 1 is 1.44 bits per heavy atom. The van der Waals surface area contributed by atoms with E-state index >= 15 is 0 Å². The zero-order valence-corrected chi connectivity index (χ0v) is 8.84. The molecule has 0 fully saturated rings. The van der Waals surface area contributed by atoms with Gasteiger partial charge < -0.3 is 11.5 Å². The third kappa shape index (κ3) is 1.75. The summed E-state index contributed by atoms with van der Waals surface area (Å²) in [5.41, 5.74) is 13.6. The van der Waals surface area contributed by atoms with Gasteiger partial charge in [-0.1, -0.05) is 0 Å². The molecule has 16 heavy (non-hydrogen) atoms. The SMILES string of the molecule is Cc1cc(-n2cc(N)cn2)ccc1C(N)=O. The number of nitrogens with two attached hydrogens (primary N) is 2. The van der Waals surface area contributed by atoms with Crippen molar-refractivity contribution in [2.45, 2.75) is 6.92 Å². The Hall–Kier alpha value is -2.30. The van der Waals surface area contributed by atoms with Crippen molar-refractivity contribution in [1.29, 1.82) is 0 Å². The van der Waals surface area contributed by atoms with Crippen LogP contribution >= 0.6 is 0 Å². The highest BCUT2D eigenvalue weighted by atomic mass is 16.1. The van der Waals surface area contributed by atoms with Gasteiger partial charge in [-0.05, 0) is 30.7 Å². The lowest BCUT2D eigenvalue weighted by atomic mass is 10.1. The number of aromatic nitrogens is 2. The number of nitrogen functional groups attached to an aromatic ring is 1. The van der Waals surface area contributed by atoms with E-state index in [0.717, 1.165) is 11.3 Å². The van der Waals surface area contributed by atoms with Gasteiger partial charge in [-0.3, -0.25) is 4.79 Å². The van der Waals surface area contributed by atoms with Gasteiger partial charge in [0.2, 0.25) is 5.91 Å². The Balaban J connectivity index is 2.45. The molecule has 1 amide bonds. The normalized spacial score (nSPS) is 10.3. The average Bonchev–Trinajstić information content (AvgIpc) is 2.64. The number of carbonyl (C=O) groups excluding carboxylic acids is 1. The molecule has 1 aromatic heterocycles. The Labute approximate surface area is 92.7 Å². The predicted molar refractivity (Wildman–Crippen MR) is 61.2 cm³/mol. The van der Waals surface area contributed by atoms with E-state index in [2.05, 4.69) is 5.10 Å². The van der Waals surface area contributed by atoms with E-state index in [-0.39, 0.29) is 0 Å². The van der Waals surface area contributed by atoms with E-state index in [1.807, 2.05) is 13.0 Å². The van der Waals surface area contributed by atoms with Crippen molar-refractivity contribution in [3.63, 3.8) is 0 Å². The average molecular weight is 216 g/mol. The van der Waals surface area contributed by atoms with Crippen molar-refractivity contribution in [1.82, 2.24) is 9.78 Å². The van der Waals surface area contributed by atoms with Crippen LogP contribution in [0.2, 0.25) is 0 Å². The van der Waals surface area contributed by atoms with E-state index in [4.69, 9.17) is 11.5 Å². The molecule has 0 aliphatic rings. The van der Waals surface area contributed by atoms with Crippen LogP contribution in [0.25, 0.3) is 5.69 Å². The monoisotopic (exact) mass is 216 g/mol. The van der Waals surface area contributed by atoms with Crippen molar-refractivity contribution < 1.29 is 4.79 Å². The number of hydrogen-bond donors (Lipinski definition) is 2. The number of benzene rings is 1. The third-order valence-corrected chi connectivity index (χ3v) is 2.34. The zero-order valence-electron chi connectivity index (χ0n) is 8.84. The third-order valence-electron chi connectivity index (χ3n) is 2.34. The van der Waals surface area contributed by atoms with Crippen LogP contribution in [0.4, 0.5) is 5.69 Å². The molecule has 2 aromatic rings. The minimum Gasteiger partial charge on any atom is -0.396 e. The first-order valence-corrected chi connectivity index (χ1v) is 4.79. The number of rotatable bonds is 2. The van der Waals surface area contributed by atoms with E-state index in [0.29, 0.717) is 11.3 Å². The Bertz CT molecular complexity index is 545. The fraction of sp³-hybridized carbons (Fsp3) is 0.0909. The number of aryl methyl sites for hydroxylation is 1. The molecular weight excluding hydrogens is 204 g/mol. The molecule has 5 nitrogen and oxygen atoms in total. The lowest BCUT2D eigenvalue weighted by molar-refractivity contribution is 0.0999. The quantitative estimate of drug-likeness (QED) is 0.780. The number of hydrogen-bond acceptors (Lipinski definition) is 3. The van der Waals surface area contributed by atoms with Crippen molar-refractivity contribution in [2.24, 2.45) is 5.73 Å². The summed E-state index contributed by atoms with van der Waals surface area (Å²) < 4.78 is 1.65. The van der Waals surface area contributed by atoms with Crippen molar-refractivity contribution in [2.75, 3.05) is 5.73 Å². The second kappa shape index (κ2) is 3.69. The Kier molecular flexibility index (Phi) is 2.36. The van der Waals surface area contributed by atoms with Crippen LogP contribution in [0.5, 0.6) is 0 Å². The molecule has 0 saturated carbocycles. The van der Waals surface area contributed by atoms with Gasteiger partial charge >= 0.3 is 0 Å².